The molecule has 0 fully saturated rings. The van der Waals surface area contributed by atoms with Gasteiger partial charge in [-0.3, -0.25) is 0 Å². The smallest absolute Gasteiger partial charge is 0.138 e. The van der Waals surface area contributed by atoms with Crippen LogP contribution in [-0.2, 0) is 0 Å². The summed E-state index contributed by atoms with van der Waals surface area (Å²) in [6, 6.07) is 7.58. The van der Waals surface area contributed by atoms with Crippen molar-refractivity contribution in [2.45, 2.75) is 27.7 Å². The minimum atomic E-state index is 0.379. The molecule has 0 aromatic heterocycles. The van der Waals surface area contributed by atoms with Gasteiger partial charge in [-0.05, 0) is 24.0 Å². The lowest BCUT2D eigenvalue weighted by atomic mass is 10.1. The molecule has 1 aromatic carbocycles. The lowest BCUT2D eigenvalue weighted by Crippen LogP contribution is -2.31. The Balaban J connectivity index is 2.87. The summed E-state index contributed by atoms with van der Waals surface area (Å²) in [6.07, 6.45) is 0. The van der Waals surface area contributed by atoms with Crippen molar-refractivity contribution in [1.82, 2.24) is 0 Å². The molecule has 0 heterocycles. The summed E-state index contributed by atoms with van der Waals surface area (Å²) in [5, 5.41) is 9.87. The number of phenols is 1. The molecule has 0 saturated heterocycles. The van der Waals surface area contributed by atoms with Gasteiger partial charge in [0.1, 0.15) is 5.75 Å². The molecule has 0 spiro atoms. The Morgan fingerprint density at radius 1 is 1.00 bits per heavy atom. The van der Waals surface area contributed by atoms with E-state index in [-0.39, 0.29) is 0 Å². The summed E-state index contributed by atoms with van der Waals surface area (Å²) in [6.45, 7) is 10.8. The molecular formula is C14H23NO. The molecule has 0 unspecified atom stereocenters. The molecule has 2 nitrogen and oxygen atoms in total. The van der Waals surface area contributed by atoms with Crippen molar-refractivity contribution in [3.05, 3.63) is 24.3 Å². The van der Waals surface area contributed by atoms with E-state index in [1.807, 2.05) is 18.2 Å². The van der Waals surface area contributed by atoms with Crippen molar-refractivity contribution in [2.24, 2.45) is 11.8 Å². The second-order valence-corrected chi connectivity index (χ2v) is 5.18. The summed E-state index contributed by atoms with van der Waals surface area (Å²) < 4.78 is 0. The zero-order chi connectivity index (χ0) is 12.1. The average molecular weight is 221 g/mol. The fraction of sp³-hybridized carbons (Fsp3) is 0.571. The molecule has 0 saturated carbocycles. The summed E-state index contributed by atoms with van der Waals surface area (Å²) in [5.74, 6) is 1.57. The zero-order valence-electron chi connectivity index (χ0n) is 10.8. The molecule has 1 aromatic rings. The van der Waals surface area contributed by atoms with E-state index < -0.39 is 0 Å². The molecule has 0 aliphatic rings. The van der Waals surface area contributed by atoms with Gasteiger partial charge in [0.2, 0.25) is 0 Å². The van der Waals surface area contributed by atoms with E-state index in [1.165, 1.54) is 0 Å². The molecule has 0 radical (unpaired) electrons. The number of aromatic hydroxyl groups is 1. The van der Waals surface area contributed by atoms with Crippen LogP contribution in [0, 0.1) is 11.8 Å². The highest BCUT2D eigenvalue weighted by Crippen LogP contribution is 2.27. The Morgan fingerprint density at radius 3 is 1.94 bits per heavy atom. The third kappa shape index (κ3) is 3.76. The molecule has 0 aliphatic heterocycles. The number of hydrogen-bond acceptors (Lipinski definition) is 2. The molecule has 90 valence electrons. The molecular weight excluding hydrogens is 198 g/mol. The molecule has 0 aliphatic carbocycles. The maximum absolute atomic E-state index is 9.87. The van der Waals surface area contributed by atoms with Crippen LogP contribution in [0.25, 0.3) is 0 Å². The highest BCUT2D eigenvalue weighted by Gasteiger charge is 2.13. The van der Waals surface area contributed by atoms with Gasteiger partial charge in [0.25, 0.3) is 0 Å². The standard InChI is InChI=1S/C14H23NO/c1-11(2)9-15(10-12(3)4)13-7-5-6-8-14(13)16/h5-8,11-12,16H,9-10H2,1-4H3. The van der Waals surface area contributed by atoms with Crippen molar-refractivity contribution in [1.29, 1.82) is 0 Å². The van der Waals surface area contributed by atoms with E-state index in [1.54, 1.807) is 6.07 Å². The SMILES string of the molecule is CC(C)CN(CC(C)C)c1ccccc1O. The van der Waals surface area contributed by atoms with Crippen molar-refractivity contribution < 1.29 is 5.11 Å². The molecule has 1 rings (SSSR count). The van der Waals surface area contributed by atoms with Crippen LogP contribution in [0.1, 0.15) is 27.7 Å². The van der Waals surface area contributed by atoms with E-state index >= 15 is 0 Å². The zero-order valence-corrected chi connectivity index (χ0v) is 10.8. The van der Waals surface area contributed by atoms with Gasteiger partial charge in [0, 0.05) is 13.1 Å². The first-order valence-corrected chi connectivity index (χ1v) is 6.03. The van der Waals surface area contributed by atoms with Crippen LogP contribution >= 0.6 is 0 Å². The van der Waals surface area contributed by atoms with Crippen LogP contribution in [0.15, 0.2) is 24.3 Å². The number of benzene rings is 1. The molecule has 1 N–H and O–H groups in total. The van der Waals surface area contributed by atoms with Gasteiger partial charge < -0.3 is 10.0 Å². The monoisotopic (exact) mass is 221 g/mol. The Morgan fingerprint density at radius 2 is 1.50 bits per heavy atom. The number of para-hydroxylation sites is 2. The highest BCUT2D eigenvalue weighted by molar-refractivity contribution is 5.57. The molecule has 0 amide bonds. The van der Waals surface area contributed by atoms with Gasteiger partial charge in [-0.2, -0.15) is 0 Å². The van der Waals surface area contributed by atoms with Crippen LogP contribution in [0.5, 0.6) is 5.75 Å². The highest BCUT2D eigenvalue weighted by atomic mass is 16.3. The van der Waals surface area contributed by atoms with Gasteiger partial charge >= 0.3 is 0 Å². The summed E-state index contributed by atoms with van der Waals surface area (Å²) in [7, 11) is 0. The normalized spacial score (nSPS) is 11.1. The van der Waals surface area contributed by atoms with Crippen molar-refractivity contribution in [2.75, 3.05) is 18.0 Å². The fourth-order valence-corrected chi connectivity index (χ4v) is 1.88. The largest absolute Gasteiger partial charge is 0.506 e. The topological polar surface area (TPSA) is 23.5 Å². The number of rotatable bonds is 5. The van der Waals surface area contributed by atoms with Gasteiger partial charge in [-0.25, -0.2) is 0 Å². The number of phenolic OH excluding ortho intramolecular Hbond substituents is 1. The Kier molecular flexibility index (Phi) is 4.66. The van der Waals surface area contributed by atoms with Gasteiger partial charge in [0.15, 0.2) is 0 Å². The lowest BCUT2D eigenvalue weighted by molar-refractivity contribution is 0.468. The van der Waals surface area contributed by atoms with Gasteiger partial charge in [0.05, 0.1) is 5.69 Å². The third-order valence-corrected chi connectivity index (χ3v) is 2.39. The number of hydrogen-bond donors (Lipinski definition) is 1. The minimum Gasteiger partial charge on any atom is -0.506 e. The third-order valence-electron chi connectivity index (χ3n) is 2.39. The quantitative estimate of drug-likeness (QED) is 0.822. The maximum atomic E-state index is 9.87. The summed E-state index contributed by atoms with van der Waals surface area (Å²) >= 11 is 0. The predicted octanol–water partition coefficient (Wildman–Crippen LogP) is 3.51. The van der Waals surface area contributed by atoms with Crippen LogP contribution < -0.4 is 4.90 Å². The molecule has 2 heteroatoms. The summed E-state index contributed by atoms with van der Waals surface area (Å²) in [5.41, 5.74) is 0.949. The van der Waals surface area contributed by atoms with Crippen LogP contribution in [0.2, 0.25) is 0 Å². The van der Waals surface area contributed by atoms with E-state index in [0.29, 0.717) is 17.6 Å². The Labute approximate surface area is 98.9 Å². The maximum Gasteiger partial charge on any atom is 0.138 e. The number of anilines is 1. The first-order chi connectivity index (χ1) is 7.50. The Bertz CT molecular complexity index is 310. The minimum absolute atomic E-state index is 0.379. The van der Waals surface area contributed by atoms with Crippen LogP contribution in [0.4, 0.5) is 5.69 Å². The lowest BCUT2D eigenvalue weighted by Gasteiger charge is -2.29. The Hall–Kier alpha value is -1.18. The first-order valence-electron chi connectivity index (χ1n) is 6.03. The van der Waals surface area contributed by atoms with E-state index in [9.17, 15) is 5.11 Å². The van der Waals surface area contributed by atoms with Crippen molar-refractivity contribution in [3.63, 3.8) is 0 Å². The van der Waals surface area contributed by atoms with Crippen molar-refractivity contribution >= 4 is 5.69 Å². The summed E-state index contributed by atoms with van der Waals surface area (Å²) in [4.78, 5) is 2.27. The van der Waals surface area contributed by atoms with Gasteiger partial charge in [-0.1, -0.05) is 39.8 Å². The molecule has 0 atom stereocenters. The first kappa shape index (κ1) is 12.9. The molecule has 0 bridgehead atoms. The second kappa shape index (κ2) is 5.78. The van der Waals surface area contributed by atoms with Crippen LogP contribution in [-0.4, -0.2) is 18.2 Å². The van der Waals surface area contributed by atoms with Crippen LogP contribution in [0.3, 0.4) is 0 Å². The van der Waals surface area contributed by atoms with E-state index in [4.69, 9.17) is 0 Å². The van der Waals surface area contributed by atoms with Gasteiger partial charge in [-0.15, -0.1) is 0 Å². The second-order valence-electron chi connectivity index (χ2n) is 5.18. The average Bonchev–Trinajstić information content (AvgIpc) is 2.15. The predicted molar refractivity (Wildman–Crippen MR) is 70.0 cm³/mol. The van der Waals surface area contributed by atoms with E-state index in [2.05, 4.69) is 32.6 Å². The van der Waals surface area contributed by atoms with E-state index in [0.717, 1.165) is 18.8 Å². The fourth-order valence-electron chi connectivity index (χ4n) is 1.88. The molecule has 16 heavy (non-hydrogen) atoms. The number of nitrogens with zero attached hydrogens (tertiary/aromatic N) is 1. The van der Waals surface area contributed by atoms with Crippen molar-refractivity contribution in [3.8, 4) is 5.75 Å².